The fourth-order valence-corrected chi connectivity index (χ4v) is 2.44. The predicted molar refractivity (Wildman–Crippen MR) is 93.5 cm³/mol. The number of benzene rings is 3. The monoisotopic (exact) mass is 296 g/mol. The van der Waals surface area contributed by atoms with E-state index < -0.39 is 0 Å². The van der Waals surface area contributed by atoms with Crippen LogP contribution >= 0.6 is 0 Å². The Morgan fingerprint density at radius 1 is 0.739 bits per heavy atom. The number of hydrogen-bond acceptors (Lipinski definition) is 2. The molecule has 0 aliphatic heterocycles. The van der Waals surface area contributed by atoms with Crippen LogP contribution in [0, 0.1) is 11.3 Å². The molecule has 0 saturated carbocycles. The molecule has 0 bridgehead atoms. The SMILES string of the molecule is N#Cc1ccc(C=NC(c2ccccc2)c2ccccc2)cc1. The van der Waals surface area contributed by atoms with Gasteiger partial charge in [0.15, 0.2) is 0 Å². The molecule has 0 unspecified atom stereocenters. The molecule has 0 radical (unpaired) electrons. The molecule has 0 aliphatic rings. The van der Waals surface area contributed by atoms with Crippen molar-refractivity contribution in [3.8, 4) is 6.07 Å². The Morgan fingerprint density at radius 2 is 1.26 bits per heavy atom. The Balaban J connectivity index is 1.93. The summed E-state index contributed by atoms with van der Waals surface area (Å²) in [6.45, 7) is 0. The van der Waals surface area contributed by atoms with E-state index in [0.717, 1.165) is 16.7 Å². The Kier molecular flexibility index (Phi) is 4.61. The molecule has 0 fully saturated rings. The molecule has 23 heavy (non-hydrogen) atoms. The van der Waals surface area contributed by atoms with Crippen molar-refractivity contribution in [1.29, 1.82) is 5.26 Å². The molecule has 0 aliphatic carbocycles. The van der Waals surface area contributed by atoms with Crippen LogP contribution in [0.1, 0.15) is 28.3 Å². The second kappa shape index (κ2) is 7.20. The van der Waals surface area contributed by atoms with Gasteiger partial charge in [0.05, 0.1) is 17.7 Å². The number of rotatable bonds is 4. The molecule has 2 nitrogen and oxygen atoms in total. The van der Waals surface area contributed by atoms with E-state index in [2.05, 4.69) is 30.3 Å². The third-order valence-electron chi connectivity index (χ3n) is 3.64. The zero-order chi connectivity index (χ0) is 15.9. The average Bonchev–Trinajstić information content (AvgIpc) is 2.64. The normalized spacial score (nSPS) is 10.8. The van der Waals surface area contributed by atoms with Gasteiger partial charge in [-0.3, -0.25) is 4.99 Å². The highest BCUT2D eigenvalue weighted by Crippen LogP contribution is 2.25. The van der Waals surface area contributed by atoms with E-state index in [4.69, 9.17) is 10.3 Å². The summed E-state index contributed by atoms with van der Waals surface area (Å²) in [6, 6.07) is 30.0. The van der Waals surface area contributed by atoms with E-state index in [1.165, 1.54) is 0 Å². The van der Waals surface area contributed by atoms with Gasteiger partial charge in [0, 0.05) is 6.21 Å². The molecule has 3 aromatic rings. The summed E-state index contributed by atoms with van der Waals surface area (Å²) >= 11 is 0. The van der Waals surface area contributed by atoms with Crippen LogP contribution in [0.5, 0.6) is 0 Å². The number of nitriles is 1. The van der Waals surface area contributed by atoms with Gasteiger partial charge in [0.2, 0.25) is 0 Å². The Hall–Kier alpha value is -3.18. The van der Waals surface area contributed by atoms with Crippen molar-refractivity contribution in [2.75, 3.05) is 0 Å². The van der Waals surface area contributed by atoms with Crippen LogP contribution in [0.4, 0.5) is 0 Å². The molecule has 0 aromatic heterocycles. The maximum Gasteiger partial charge on any atom is 0.0999 e. The molecule has 0 heterocycles. The largest absolute Gasteiger partial charge is 0.280 e. The Bertz CT molecular complexity index is 774. The van der Waals surface area contributed by atoms with E-state index in [1.807, 2.05) is 54.7 Å². The van der Waals surface area contributed by atoms with Crippen molar-refractivity contribution >= 4 is 6.21 Å². The van der Waals surface area contributed by atoms with Gasteiger partial charge in [0.1, 0.15) is 0 Å². The van der Waals surface area contributed by atoms with Crippen molar-refractivity contribution in [2.24, 2.45) is 4.99 Å². The first-order valence-electron chi connectivity index (χ1n) is 7.50. The molecule has 3 aromatic carbocycles. The van der Waals surface area contributed by atoms with Crippen LogP contribution in [0.25, 0.3) is 0 Å². The summed E-state index contributed by atoms with van der Waals surface area (Å²) in [6.07, 6.45) is 1.87. The van der Waals surface area contributed by atoms with E-state index in [0.29, 0.717) is 5.56 Å². The lowest BCUT2D eigenvalue weighted by Gasteiger charge is -2.13. The zero-order valence-corrected chi connectivity index (χ0v) is 12.6. The minimum Gasteiger partial charge on any atom is -0.280 e. The smallest absolute Gasteiger partial charge is 0.0999 e. The average molecular weight is 296 g/mol. The Morgan fingerprint density at radius 3 is 1.74 bits per heavy atom. The van der Waals surface area contributed by atoms with Gasteiger partial charge in [-0.1, -0.05) is 72.8 Å². The molecule has 0 N–H and O–H groups in total. The van der Waals surface area contributed by atoms with Crippen molar-refractivity contribution in [3.05, 3.63) is 107 Å². The van der Waals surface area contributed by atoms with Gasteiger partial charge in [0.25, 0.3) is 0 Å². The van der Waals surface area contributed by atoms with E-state index in [-0.39, 0.29) is 6.04 Å². The second-order valence-electron chi connectivity index (χ2n) is 5.24. The summed E-state index contributed by atoms with van der Waals surface area (Å²) in [5.41, 5.74) is 3.96. The minimum atomic E-state index is -0.0342. The second-order valence-corrected chi connectivity index (χ2v) is 5.24. The van der Waals surface area contributed by atoms with Gasteiger partial charge < -0.3 is 0 Å². The number of aliphatic imine (C=N–C) groups is 1. The highest BCUT2D eigenvalue weighted by atomic mass is 14.8. The van der Waals surface area contributed by atoms with Crippen LogP contribution in [0.15, 0.2) is 89.9 Å². The van der Waals surface area contributed by atoms with Gasteiger partial charge in [-0.15, -0.1) is 0 Å². The third kappa shape index (κ3) is 3.72. The Labute approximate surface area is 136 Å². The van der Waals surface area contributed by atoms with Crippen molar-refractivity contribution < 1.29 is 0 Å². The summed E-state index contributed by atoms with van der Waals surface area (Å²) in [4.78, 5) is 4.78. The fraction of sp³-hybridized carbons (Fsp3) is 0.0476. The van der Waals surface area contributed by atoms with E-state index in [9.17, 15) is 0 Å². The topological polar surface area (TPSA) is 36.1 Å². The predicted octanol–water partition coefficient (Wildman–Crippen LogP) is 4.77. The lowest BCUT2D eigenvalue weighted by Crippen LogP contribution is -1.98. The molecule has 110 valence electrons. The van der Waals surface area contributed by atoms with Crippen LogP contribution in [-0.4, -0.2) is 6.21 Å². The van der Waals surface area contributed by atoms with Gasteiger partial charge in [-0.25, -0.2) is 0 Å². The van der Waals surface area contributed by atoms with Crippen LogP contribution in [0.3, 0.4) is 0 Å². The van der Waals surface area contributed by atoms with Crippen LogP contribution in [0.2, 0.25) is 0 Å². The summed E-state index contributed by atoms with van der Waals surface area (Å²) in [7, 11) is 0. The standard InChI is InChI=1S/C21H16N2/c22-15-17-11-13-18(14-12-17)16-23-21(19-7-3-1-4-8-19)20-9-5-2-6-10-20/h1-14,16,21H. The first kappa shape index (κ1) is 14.7. The fourth-order valence-electron chi connectivity index (χ4n) is 2.44. The van der Waals surface area contributed by atoms with Gasteiger partial charge in [-0.2, -0.15) is 5.26 Å². The van der Waals surface area contributed by atoms with Crippen molar-refractivity contribution in [1.82, 2.24) is 0 Å². The van der Waals surface area contributed by atoms with Crippen LogP contribution < -0.4 is 0 Å². The molecular formula is C21H16N2. The molecule has 0 spiro atoms. The molecule has 2 heteroatoms. The first-order valence-corrected chi connectivity index (χ1v) is 7.50. The number of hydrogen-bond donors (Lipinski definition) is 0. The summed E-state index contributed by atoms with van der Waals surface area (Å²) in [5.74, 6) is 0. The highest BCUT2D eigenvalue weighted by molar-refractivity contribution is 5.80. The first-order chi connectivity index (χ1) is 11.4. The summed E-state index contributed by atoms with van der Waals surface area (Å²) < 4.78 is 0. The maximum absolute atomic E-state index is 8.86. The maximum atomic E-state index is 8.86. The highest BCUT2D eigenvalue weighted by Gasteiger charge is 2.11. The minimum absolute atomic E-state index is 0.0342. The van der Waals surface area contributed by atoms with Gasteiger partial charge in [-0.05, 0) is 28.8 Å². The molecular weight excluding hydrogens is 280 g/mol. The lowest BCUT2D eigenvalue weighted by molar-refractivity contribution is 0.878. The third-order valence-corrected chi connectivity index (χ3v) is 3.64. The molecule has 0 saturated heterocycles. The van der Waals surface area contributed by atoms with Gasteiger partial charge >= 0.3 is 0 Å². The lowest BCUT2D eigenvalue weighted by atomic mass is 9.99. The molecule has 0 amide bonds. The number of nitrogens with zero attached hydrogens (tertiary/aromatic N) is 2. The van der Waals surface area contributed by atoms with Crippen molar-refractivity contribution in [2.45, 2.75) is 6.04 Å². The van der Waals surface area contributed by atoms with Crippen molar-refractivity contribution in [3.63, 3.8) is 0 Å². The summed E-state index contributed by atoms with van der Waals surface area (Å²) in [5, 5.41) is 8.86. The molecule has 3 rings (SSSR count). The zero-order valence-electron chi connectivity index (χ0n) is 12.6. The quantitative estimate of drug-likeness (QED) is 0.639. The van der Waals surface area contributed by atoms with Crippen LogP contribution in [-0.2, 0) is 0 Å². The molecule has 0 atom stereocenters. The van der Waals surface area contributed by atoms with E-state index in [1.54, 1.807) is 12.1 Å². The van der Waals surface area contributed by atoms with E-state index >= 15 is 0 Å².